The van der Waals surface area contributed by atoms with Gasteiger partial charge in [0.1, 0.15) is 11.0 Å². The molecule has 1 aromatic carbocycles. The predicted octanol–water partition coefficient (Wildman–Crippen LogP) is 1.47. The molecule has 0 atom stereocenters. The van der Waals surface area contributed by atoms with Crippen LogP contribution in [-0.2, 0) is 0 Å². The average Bonchev–Trinajstić information content (AvgIpc) is 3.31. The lowest BCUT2D eigenvalue weighted by Crippen LogP contribution is -2.40. The number of hydrogen-bond donors (Lipinski definition) is 0. The third-order valence-corrected chi connectivity index (χ3v) is 4.73. The summed E-state index contributed by atoms with van der Waals surface area (Å²) in [6, 6.07) is 5.71. The summed E-state index contributed by atoms with van der Waals surface area (Å²) in [4.78, 5) is 16.2. The molecule has 9 nitrogen and oxygen atoms in total. The Kier molecular flexibility index (Phi) is 3.68. The first-order chi connectivity index (χ1) is 11.7. The Hall–Kier alpha value is -2.84. The molecular formula is C15H17N7O2. The molecule has 0 unspecified atom stereocenters. The lowest BCUT2D eigenvalue weighted by atomic mass is 9.90. The van der Waals surface area contributed by atoms with Gasteiger partial charge in [0.25, 0.3) is 5.91 Å². The molecule has 0 N–H and O–H groups in total. The summed E-state index contributed by atoms with van der Waals surface area (Å²) in [5.41, 5.74) is 1.84. The number of hydrogen-bond acceptors (Lipinski definition) is 7. The van der Waals surface area contributed by atoms with Gasteiger partial charge in [0.2, 0.25) is 0 Å². The van der Waals surface area contributed by atoms with Crippen LogP contribution in [0, 0.1) is 0 Å². The van der Waals surface area contributed by atoms with Crippen molar-refractivity contribution in [3.05, 3.63) is 30.1 Å². The van der Waals surface area contributed by atoms with Crippen LogP contribution in [-0.4, -0.2) is 54.4 Å². The third kappa shape index (κ3) is 2.61. The Labute approximate surface area is 137 Å². The van der Waals surface area contributed by atoms with Crippen molar-refractivity contribution >= 4 is 16.9 Å². The zero-order valence-corrected chi connectivity index (χ0v) is 13.2. The summed E-state index contributed by atoms with van der Waals surface area (Å²) in [6.45, 7) is 0. The van der Waals surface area contributed by atoms with E-state index in [0.29, 0.717) is 16.6 Å². The van der Waals surface area contributed by atoms with E-state index >= 15 is 0 Å². The molecule has 9 heteroatoms. The van der Waals surface area contributed by atoms with Crippen LogP contribution in [0.3, 0.4) is 0 Å². The number of amides is 1. The summed E-state index contributed by atoms with van der Waals surface area (Å²) in [6.07, 6.45) is 5.16. The van der Waals surface area contributed by atoms with Gasteiger partial charge in [-0.05, 0) is 59.4 Å². The summed E-state index contributed by atoms with van der Waals surface area (Å²) < 4.78 is 4.68. The lowest BCUT2D eigenvalue weighted by molar-refractivity contribution is 0.0671. The van der Waals surface area contributed by atoms with Crippen LogP contribution < -0.4 is 0 Å². The molecule has 0 radical (unpaired) electrons. The maximum Gasteiger partial charge on any atom is 0.253 e. The highest BCUT2D eigenvalue weighted by molar-refractivity contribution is 5.97. The second-order valence-corrected chi connectivity index (χ2v) is 6.10. The van der Waals surface area contributed by atoms with Crippen molar-refractivity contribution in [2.75, 3.05) is 7.05 Å². The van der Waals surface area contributed by atoms with Crippen LogP contribution in [0.15, 0.2) is 29.2 Å². The van der Waals surface area contributed by atoms with Crippen LogP contribution >= 0.6 is 0 Å². The van der Waals surface area contributed by atoms with Crippen LogP contribution in [0.4, 0.5) is 0 Å². The number of tetrazole rings is 1. The second-order valence-electron chi connectivity index (χ2n) is 6.10. The first kappa shape index (κ1) is 14.7. The average molecular weight is 327 g/mol. The quantitative estimate of drug-likeness (QED) is 0.717. The second kappa shape index (κ2) is 5.99. The Morgan fingerprint density at radius 1 is 1.21 bits per heavy atom. The summed E-state index contributed by atoms with van der Waals surface area (Å²) in [5, 5.41) is 19.4. The number of rotatable bonds is 3. The van der Waals surface area contributed by atoms with Gasteiger partial charge in [-0.25, -0.2) is 4.63 Å². The maximum absolute atomic E-state index is 12.7. The smallest absolute Gasteiger partial charge is 0.253 e. The van der Waals surface area contributed by atoms with E-state index in [-0.39, 0.29) is 18.0 Å². The molecule has 0 saturated heterocycles. The van der Waals surface area contributed by atoms with E-state index in [1.165, 1.54) is 6.33 Å². The molecule has 1 saturated carbocycles. The van der Waals surface area contributed by atoms with E-state index in [4.69, 9.17) is 0 Å². The Morgan fingerprint density at radius 2 is 2.00 bits per heavy atom. The number of fused-ring (bicyclic) bond motifs is 1. The van der Waals surface area contributed by atoms with Crippen molar-refractivity contribution in [2.24, 2.45) is 0 Å². The molecule has 4 rings (SSSR count). The van der Waals surface area contributed by atoms with Crippen molar-refractivity contribution in [1.82, 2.24) is 35.4 Å². The van der Waals surface area contributed by atoms with Gasteiger partial charge in [-0.3, -0.25) is 4.79 Å². The van der Waals surface area contributed by atoms with Gasteiger partial charge in [-0.2, -0.15) is 4.80 Å². The molecule has 2 heterocycles. The Morgan fingerprint density at radius 3 is 2.75 bits per heavy atom. The fourth-order valence-electron chi connectivity index (χ4n) is 3.30. The summed E-state index contributed by atoms with van der Waals surface area (Å²) in [5.74, 6) is -0.0118. The normalized spacial score (nSPS) is 21.0. The van der Waals surface area contributed by atoms with Crippen LogP contribution in [0.2, 0.25) is 0 Å². The molecule has 0 spiro atoms. The summed E-state index contributed by atoms with van der Waals surface area (Å²) >= 11 is 0. The van der Waals surface area contributed by atoms with E-state index in [1.807, 2.05) is 11.9 Å². The number of carbonyl (C=O) groups excluding carboxylic acids is 1. The summed E-state index contributed by atoms with van der Waals surface area (Å²) in [7, 11) is 1.85. The van der Waals surface area contributed by atoms with Crippen molar-refractivity contribution in [2.45, 2.75) is 37.8 Å². The monoisotopic (exact) mass is 327 g/mol. The minimum absolute atomic E-state index is 0.0118. The van der Waals surface area contributed by atoms with Crippen LogP contribution in [0.1, 0.15) is 42.1 Å². The topological polar surface area (TPSA) is 103 Å². The molecular weight excluding hydrogens is 310 g/mol. The fraction of sp³-hybridized carbons (Fsp3) is 0.467. The zero-order chi connectivity index (χ0) is 16.5. The van der Waals surface area contributed by atoms with Crippen LogP contribution in [0.5, 0.6) is 0 Å². The highest BCUT2D eigenvalue weighted by Gasteiger charge is 2.28. The predicted molar refractivity (Wildman–Crippen MR) is 83.0 cm³/mol. The molecule has 1 fully saturated rings. The molecule has 124 valence electrons. The molecule has 24 heavy (non-hydrogen) atoms. The minimum atomic E-state index is -0.0118. The van der Waals surface area contributed by atoms with Gasteiger partial charge in [0, 0.05) is 18.7 Å². The largest absolute Gasteiger partial charge is 0.339 e. The van der Waals surface area contributed by atoms with Crippen molar-refractivity contribution in [3.8, 4) is 0 Å². The highest BCUT2D eigenvalue weighted by atomic mass is 16.6. The van der Waals surface area contributed by atoms with Crippen molar-refractivity contribution in [3.63, 3.8) is 0 Å². The molecule has 1 aliphatic rings. The van der Waals surface area contributed by atoms with Crippen molar-refractivity contribution in [1.29, 1.82) is 0 Å². The SMILES string of the molecule is CN(C(=O)c1ccc2nonc2c1)[C@H]1CC[C@H](n2ncnn2)CC1. The minimum Gasteiger partial charge on any atom is -0.339 e. The van der Waals surface area contributed by atoms with Gasteiger partial charge in [-0.15, -0.1) is 10.2 Å². The van der Waals surface area contributed by atoms with Crippen molar-refractivity contribution < 1.29 is 9.42 Å². The van der Waals surface area contributed by atoms with E-state index in [2.05, 4.69) is 30.4 Å². The van der Waals surface area contributed by atoms with Gasteiger partial charge in [0.15, 0.2) is 6.33 Å². The van der Waals surface area contributed by atoms with E-state index in [1.54, 1.807) is 23.0 Å². The molecule has 3 aromatic rings. The standard InChI is InChI=1S/C15H17N7O2/c1-21(11-3-5-12(6-4-11)22-17-9-16-20-22)15(23)10-2-7-13-14(8-10)19-24-18-13/h2,7-9,11-12H,3-6H2,1H3/t11-,12-. The number of carbonyl (C=O) groups is 1. The zero-order valence-electron chi connectivity index (χ0n) is 13.2. The lowest BCUT2D eigenvalue weighted by Gasteiger charge is -2.34. The van der Waals surface area contributed by atoms with Gasteiger partial charge in [-0.1, -0.05) is 0 Å². The number of benzene rings is 1. The molecule has 1 aliphatic carbocycles. The molecule has 1 amide bonds. The Balaban J connectivity index is 1.43. The van der Waals surface area contributed by atoms with Gasteiger partial charge >= 0.3 is 0 Å². The number of nitrogens with zero attached hydrogens (tertiary/aromatic N) is 7. The first-order valence-electron chi connectivity index (χ1n) is 7.94. The van der Waals surface area contributed by atoms with E-state index in [9.17, 15) is 4.79 Å². The Bertz CT molecular complexity index is 837. The van der Waals surface area contributed by atoms with E-state index < -0.39 is 0 Å². The molecule has 0 bridgehead atoms. The fourth-order valence-corrected chi connectivity index (χ4v) is 3.30. The molecule has 2 aromatic heterocycles. The highest BCUT2D eigenvalue weighted by Crippen LogP contribution is 2.30. The first-order valence-corrected chi connectivity index (χ1v) is 7.94. The molecule has 0 aliphatic heterocycles. The van der Waals surface area contributed by atoms with Crippen LogP contribution in [0.25, 0.3) is 11.0 Å². The number of aromatic nitrogens is 6. The third-order valence-electron chi connectivity index (χ3n) is 4.73. The maximum atomic E-state index is 12.7. The van der Waals surface area contributed by atoms with Gasteiger partial charge < -0.3 is 4.90 Å². The van der Waals surface area contributed by atoms with Gasteiger partial charge in [0.05, 0.1) is 6.04 Å². The van der Waals surface area contributed by atoms with E-state index in [0.717, 1.165) is 25.7 Å².